The van der Waals surface area contributed by atoms with Gasteiger partial charge in [0.1, 0.15) is 12.6 Å². The Balaban J connectivity index is 1.87. The fraction of sp³-hybridized carbons (Fsp3) is 0.481. The molecule has 190 valence electrons. The number of nitrogens with zero attached hydrogens (tertiary/aromatic N) is 2. The first-order valence-corrected chi connectivity index (χ1v) is 14.1. The van der Waals surface area contributed by atoms with Crippen molar-refractivity contribution in [3.63, 3.8) is 0 Å². The van der Waals surface area contributed by atoms with Gasteiger partial charge in [0.15, 0.2) is 0 Å². The van der Waals surface area contributed by atoms with E-state index in [0.29, 0.717) is 5.69 Å². The first kappa shape index (κ1) is 26.7. The zero-order valence-electron chi connectivity index (χ0n) is 21.2. The number of sulfonamides is 1. The van der Waals surface area contributed by atoms with E-state index in [4.69, 9.17) is 0 Å². The maximum Gasteiger partial charge on any atom is 0.244 e. The number of anilines is 1. The van der Waals surface area contributed by atoms with Crippen molar-refractivity contribution < 1.29 is 18.0 Å². The highest BCUT2D eigenvalue weighted by Gasteiger charge is 2.31. The van der Waals surface area contributed by atoms with Crippen molar-refractivity contribution in [1.29, 1.82) is 0 Å². The average molecular weight is 500 g/mol. The third-order valence-corrected chi connectivity index (χ3v) is 7.74. The standard InChI is InChI=1S/C27H37N3O4S/c1-20-15-16-25(21(2)17-20)30(35(4,33)34)19-26(31)29(18-23-11-7-5-8-12-23)22(3)27(32)28-24-13-9-6-10-14-24/h5,7-8,11-12,15-17,22,24H,6,9-10,13-14,18-19H2,1-4H3,(H,28,32)/t22-/m1/s1. The fourth-order valence-corrected chi connectivity index (χ4v) is 5.52. The molecule has 0 radical (unpaired) electrons. The number of aryl methyl sites for hydroxylation is 2. The Bertz CT molecular complexity index is 1130. The number of rotatable bonds is 9. The normalized spacial score (nSPS) is 15.3. The molecule has 2 aromatic rings. The Hall–Kier alpha value is -2.87. The molecule has 1 saturated carbocycles. The second kappa shape index (κ2) is 11.7. The van der Waals surface area contributed by atoms with Gasteiger partial charge in [-0.05, 0) is 50.8 Å². The number of hydrogen-bond donors (Lipinski definition) is 1. The van der Waals surface area contributed by atoms with Crippen LogP contribution in [0.4, 0.5) is 5.69 Å². The van der Waals surface area contributed by atoms with Gasteiger partial charge in [-0.25, -0.2) is 8.42 Å². The van der Waals surface area contributed by atoms with Gasteiger partial charge in [-0.2, -0.15) is 0 Å². The van der Waals surface area contributed by atoms with Gasteiger partial charge >= 0.3 is 0 Å². The predicted octanol–water partition coefficient (Wildman–Crippen LogP) is 3.94. The third kappa shape index (κ3) is 7.31. The predicted molar refractivity (Wildman–Crippen MR) is 140 cm³/mol. The van der Waals surface area contributed by atoms with Crippen LogP contribution >= 0.6 is 0 Å². The smallest absolute Gasteiger partial charge is 0.244 e. The van der Waals surface area contributed by atoms with E-state index >= 15 is 0 Å². The van der Waals surface area contributed by atoms with Crippen LogP contribution < -0.4 is 9.62 Å². The van der Waals surface area contributed by atoms with Gasteiger partial charge in [-0.1, -0.05) is 67.3 Å². The summed E-state index contributed by atoms with van der Waals surface area (Å²) in [6, 6.07) is 14.2. The van der Waals surface area contributed by atoms with Gasteiger partial charge in [-0.3, -0.25) is 13.9 Å². The molecule has 35 heavy (non-hydrogen) atoms. The number of nitrogens with one attached hydrogen (secondary N) is 1. The lowest BCUT2D eigenvalue weighted by Gasteiger charge is -2.33. The Morgan fingerprint density at radius 1 is 1.03 bits per heavy atom. The molecule has 2 aromatic carbocycles. The third-order valence-electron chi connectivity index (χ3n) is 6.61. The molecule has 0 heterocycles. The Kier molecular flexibility index (Phi) is 8.94. The molecule has 2 amide bonds. The quantitative estimate of drug-likeness (QED) is 0.566. The highest BCUT2D eigenvalue weighted by molar-refractivity contribution is 7.92. The van der Waals surface area contributed by atoms with Crippen LogP contribution in [0.15, 0.2) is 48.5 Å². The van der Waals surface area contributed by atoms with Crippen molar-refractivity contribution in [2.24, 2.45) is 0 Å². The summed E-state index contributed by atoms with van der Waals surface area (Å²) in [7, 11) is -3.74. The lowest BCUT2D eigenvalue weighted by Crippen LogP contribution is -2.53. The summed E-state index contributed by atoms with van der Waals surface area (Å²) in [5, 5.41) is 3.11. The molecule has 1 atom stereocenters. The molecule has 1 fully saturated rings. The maximum absolute atomic E-state index is 13.6. The molecular weight excluding hydrogens is 462 g/mol. The Morgan fingerprint density at radius 2 is 1.69 bits per heavy atom. The van der Waals surface area contributed by atoms with Gasteiger partial charge in [0.2, 0.25) is 21.8 Å². The highest BCUT2D eigenvalue weighted by Crippen LogP contribution is 2.24. The number of amides is 2. The van der Waals surface area contributed by atoms with E-state index in [0.717, 1.165) is 52.9 Å². The summed E-state index contributed by atoms with van der Waals surface area (Å²) in [4.78, 5) is 28.3. The monoisotopic (exact) mass is 499 g/mol. The number of carbonyl (C=O) groups is 2. The average Bonchev–Trinajstić information content (AvgIpc) is 2.81. The van der Waals surface area contributed by atoms with E-state index in [1.807, 2.05) is 56.3 Å². The van der Waals surface area contributed by atoms with Gasteiger partial charge < -0.3 is 10.2 Å². The summed E-state index contributed by atoms with van der Waals surface area (Å²) in [6.07, 6.45) is 6.34. The van der Waals surface area contributed by atoms with Crippen LogP contribution in [0.2, 0.25) is 0 Å². The zero-order valence-corrected chi connectivity index (χ0v) is 22.0. The van der Waals surface area contributed by atoms with Crippen molar-refractivity contribution in [3.05, 3.63) is 65.2 Å². The van der Waals surface area contributed by atoms with Crippen LogP contribution in [0.25, 0.3) is 0 Å². The maximum atomic E-state index is 13.6. The molecular formula is C27H37N3O4S. The molecule has 3 rings (SSSR count). The van der Waals surface area contributed by atoms with E-state index in [2.05, 4.69) is 5.32 Å². The van der Waals surface area contributed by atoms with Crippen LogP contribution in [0.5, 0.6) is 0 Å². The number of hydrogen-bond acceptors (Lipinski definition) is 4. The summed E-state index contributed by atoms with van der Waals surface area (Å²) >= 11 is 0. The molecule has 1 aliphatic rings. The van der Waals surface area contributed by atoms with Crippen molar-refractivity contribution in [3.8, 4) is 0 Å². The molecule has 0 unspecified atom stereocenters. The van der Waals surface area contributed by atoms with Crippen LogP contribution in [0.1, 0.15) is 55.7 Å². The van der Waals surface area contributed by atoms with Crippen molar-refractivity contribution in [2.75, 3.05) is 17.1 Å². The Morgan fingerprint density at radius 3 is 2.29 bits per heavy atom. The van der Waals surface area contributed by atoms with Crippen molar-refractivity contribution in [2.45, 2.75) is 71.5 Å². The first-order valence-electron chi connectivity index (χ1n) is 12.2. The SMILES string of the molecule is Cc1ccc(N(CC(=O)N(Cc2ccccc2)[C@H](C)C(=O)NC2CCCCC2)S(C)(=O)=O)c(C)c1. The molecule has 0 saturated heterocycles. The molecule has 8 heteroatoms. The largest absolute Gasteiger partial charge is 0.352 e. The topological polar surface area (TPSA) is 86.8 Å². The van der Waals surface area contributed by atoms with Crippen LogP contribution in [0, 0.1) is 13.8 Å². The minimum absolute atomic E-state index is 0.120. The first-order chi connectivity index (χ1) is 16.6. The highest BCUT2D eigenvalue weighted by atomic mass is 32.2. The second-order valence-corrected chi connectivity index (χ2v) is 11.5. The molecule has 0 spiro atoms. The van der Waals surface area contributed by atoms with Gasteiger partial charge in [-0.15, -0.1) is 0 Å². The second-order valence-electron chi connectivity index (χ2n) is 9.59. The van der Waals surface area contributed by atoms with Gasteiger partial charge in [0.25, 0.3) is 0 Å². The molecule has 1 aliphatic carbocycles. The lowest BCUT2D eigenvalue weighted by atomic mass is 9.95. The van der Waals surface area contributed by atoms with E-state index < -0.39 is 22.0 Å². The number of carbonyl (C=O) groups excluding carboxylic acids is 2. The van der Waals surface area contributed by atoms with E-state index in [1.165, 1.54) is 11.3 Å². The molecule has 0 bridgehead atoms. The summed E-state index contributed by atoms with van der Waals surface area (Å²) < 4.78 is 26.6. The number of benzene rings is 2. The summed E-state index contributed by atoms with van der Waals surface area (Å²) in [6.45, 7) is 5.30. The zero-order chi connectivity index (χ0) is 25.6. The Labute approximate surface area is 209 Å². The van der Waals surface area contributed by atoms with E-state index in [1.54, 1.807) is 13.0 Å². The van der Waals surface area contributed by atoms with Crippen molar-refractivity contribution in [1.82, 2.24) is 10.2 Å². The van der Waals surface area contributed by atoms with Crippen LogP contribution in [0.3, 0.4) is 0 Å². The molecule has 1 N–H and O–H groups in total. The van der Waals surface area contributed by atoms with E-state index in [9.17, 15) is 18.0 Å². The van der Waals surface area contributed by atoms with Crippen LogP contribution in [-0.2, 0) is 26.2 Å². The van der Waals surface area contributed by atoms with Gasteiger partial charge in [0, 0.05) is 12.6 Å². The minimum atomic E-state index is -3.74. The fourth-order valence-electron chi connectivity index (χ4n) is 4.61. The molecule has 0 aliphatic heterocycles. The van der Waals surface area contributed by atoms with E-state index in [-0.39, 0.29) is 25.0 Å². The summed E-state index contributed by atoms with van der Waals surface area (Å²) in [5.74, 6) is -0.635. The minimum Gasteiger partial charge on any atom is -0.352 e. The molecule has 0 aromatic heterocycles. The van der Waals surface area contributed by atoms with Crippen molar-refractivity contribution >= 4 is 27.5 Å². The van der Waals surface area contributed by atoms with Crippen LogP contribution in [-0.4, -0.2) is 50.0 Å². The molecule has 7 nitrogen and oxygen atoms in total. The lowest BCUT2D eigenvalue weighted by molar-refractivity contribution is -0.139. The summed E-state index contributed by atoms with van der Waals surface area (Å²) in [5.41, 5.74) is 3.10. The van der Waals surface area contributed by atoms with Gasteiger partial charge in [0.05, 0.1) is 11.9 Å².